The molecule has 0 spiro atoms. The predicted molar refractivity (Wildman–Crippen MR) is 140 cm³/mol. The average molecular weight is 606 g/mol. The van der Waals surface area contributed by atoms with E-state index in [0.29, 0.717) is 22.7 Å². The second-order valence-electron chi connectivity index (χ2n) is 8.42. The van der Waals surface area contributed by atoms with Crippen LogP contribution in [-0.2, 0) is 22.3 Å². The molecule has 7 nitrogen and oxygen atoms in total. The fourth-order valence-corrected chi connectivity index (χ4v) is 5.46. The van der Waals surface area contributed by atoms with E-state index in [1.807, 2.05) is 6.07 Å². The molecule has 0 aliphatic carbocycles. The number of fused-ring (bicyclic) bond motifs is 1. The van der Waals surface area contributed by atoms with Crippen LogP contribution < -0.4 is 14.8 Å². The van der Waals surface area contributed by atoms with Gasteiger partial charge >= 0.3 is 6.18 Å². The third kappa shape index (κ3) is 5.97. The summed E-state index contributed by atoms with van der Waals surface area (Å²) < 4.78 is 51.2. The number of thioether (sulfide) groups is 1. The summed E-state index contributed by atoms with van der Waals surface area (Å²) in [5.41, 5.74) is 0.472. The average Bonchev–Trinajstić information content (AvgIpc) is 3.44. The smallest absolute Gasteiger partial charge is 0.416 e. The number of aliphatic imine (C=N–C) groups is 1. The van der Waals surface area contributed by atoms with Crippen LogP contribution in [0.5, 0.6) is 11.5 Å². The summed E-state index contributed by atoms with van der Waals surface area (Å²) in [5, 5.41) is 2.16. The van der Waals surface area contributed by atoms with E-state index in [9.17, 15) is 22.8 Å². The van der Waals surface area contributed by atoms with E-state index in [2.05, 4.69) is 26.2 Å². The van der Waals surface area contributed by atoms with Gasteiger partial charge in [-0.05, 0) is 54.1 Å². The van der Waals surface area contributed by atoms with Crippen molar-refractivity contribution in [3.8, 4) is 11.5 Å². The van der Waals surface area contributed by atoms with Crippen LogP contribution in [0.25, 0.3) is 0 Å². The first-order valence-electron chi connectivity index (χ1n) is 11.3. The Morgan fingerprint density at radius 1 is 1.08 bits per heavy atom. The van der Waals surface area contributed by atoms with Gasteiger partial charge in [0.2, 0.25) is 18.6 Å². The van der Waals surface area contributed by atoms with Gasteiger partial charge < -0.3 is 14.8 Å². The lowest BCUT2D eigenvalue weighted by molar-refractivity contribution is -0.137. The second-order valence-corrected chi connectivity index (χ2v) is 10.5. The number of alkyl halides is 3. The second kappa shape index (κ2) is 10.7. The summed E-state index contributed by atoms with van der Waals surface area (Å²) in [7, 11) is 0. The number of carbonyl (C=O) groups is 2. The molecule has 5 rings (SSSR count). The number of hydrogen-bond acceptors (Lipinski definition) is 6. The van der Waals surface area contributed by atoms with Gasteiger partial charge in [0, 0.05) is 16.6 Å². The van der Waals surface area contributed by atoms with Crippen LogP contribution >= 0.6 is 27.7 Å². The largest absolute Gasteiger partial charge is 0.454 e. The van der Waals surface area contributed by atoms with E-state index in [4.69, 9.17) is 9.47 Å². The number of benzene rings is 3. The third-order valence-corrected chi connectivity index (χ3v) is 7.34. The number of ether oxygens (including phenoxy) is 2. The van der Waals surface area contributed by atoms with Crippen molar-refractivity contribution in [1.82, 2.24) is 4.90 Å². The molecule has 1 atom stereocenters. The summed E-state index contributed by atoms with van der Waals surface area (Å²) in [6.07, 6.45) is -4.68. The number of nitrogens with one attached hydrogen (secondary N) is 1. The summed E-state index contributed by atoms with van der Waals surface area (Å²) in [5.74, 6) is 0.360. The number of amidine groups is 1. The molecule has 0 saturated carbocycles. The molecule has 12 heteroatoms. The monoisotopic (exact) mass is 605 g/mol. The van der Waals surface area contributed by atoms with Gasteiger partial charge in [-0.15, -0.1) is 0 Å². The first-order chi connectivity index (χ1) is 18.2. The minimum absolute atomic E-state index is 0.0463. The Kier molecular flexibility index (Phi) is 7.35. The Bertz CT molecular complexity index is 1430. The Morgan fingerprint density at radius 3 is 2.66 bits per heavy atom. The standard InChI is InChI=1S/C26H19BrF3N3O4S/c27-17-4-2-6-19(11-17)31-23(34)12-22-24(35)33(13-15-7-8-20-21(9-15)37-14-36-20)25(38-22)32-18-5-1-3-16(10-18)26(28,29)30/h1-11,22H,12-14H2,(H,31,34)/t22-/m0/s1. The van der Waals surface area contributed by atoms with Crippen LogP contribution in [0.2, 0.25) is 0 Å². The fourth-order valence-electron chi connectivity index (χ4n) is 3.90. The number of hydrogen-bond donors (Lipinski definition) is 1. The van der Waals surface area contributed by atoms with E-state index in [0.717, 1.165) is 28.4 Å². The van der Waals surface area contributed by atoms with E-state index < -0.39 is 17.0 Å². The Morgan fingerprint density at radius 2 is 1.87 bits per heavy atom. The lowest BCUT2D eigenvalue weighted by Gasteiger charge is -2.17. The molecule has 0 bridgehead atoms. The highest BCUT2D eigenvalue weighted by Gasteiger charge is 2.39. The van der Waals surface area contributed by atoms with Gasteiger partial charge in [0.05, 0.1) is 17.8 Å². The molecule has 3 aromatic carbocycles. The Balaban J connectivity index is 1.40. The molecule has 3 aromatic rings. The molecule has 0 unspecified atom stereocenters. The van der Waals surface area contributed by atoms with Crippen molar-refractivity contribution in [3.63, 3.8) is 0 Å². The van der Waals surface area contributed by atoms with Crippen LogP contribution in [0.3, 0.4) is 0 Å². The van der Waals surface area contributed by atoms with Crippen molar-refractivity contribution >= 4 is 56.0 Å². The number of carbonyl (C=O) groups excluding carboxylic acids is 2. The van der Waals surface area contributed by atoms with Crippen molar-refractivity contribution in [2.75, 3.05) is 12.1 Å². The molecule has 2 amide bonds. The molecule has 2 aliphatic rings. The zero-order valence-corrected chi connectivity index (χ0v) is 21.9. The first kappa shape index (κ1) is 26.1. The molecule has 1 saturated heterocycles. The molecule has 196 valence electrons. The highest BCUT2D eigenvalue weighted by atomic mass is 79.9. The number of nitrogens with zero attached hydrogens (tertiary/aromatic N) is 2. The van der Waals surface area contributed by atoms with Gasteiger partial charge in [-0.2, -0.15) is 13.2 Å². The van der Waals surface area contributed by atoms with Crippen molar-refractivity contribution in [1.29, 1.82) is 0 Å². The topological polar surface area (TPSA) is 80.2 Å². The molecular formula is C26H19BrF3N3O4S. The molecule has 2 aliphatic heterocycles. The van der Waals surface area contributed by atoms with Crippen molar-refractivity contribution in [2.45, 2.75) is 24.4 Å². The van der Waals surface area contributed by atoms with Gasteiger partial charge in [-0.3, -0.25) is 14.5 Å². The molecular weight excluding hydrogens is 587 g/mol. The number of halogens is 4. The normalized spacial score (nSPS) is 17.8. The molecule has 38 heavy (non-hydrogen) atoms. The van der Waals surface area contributed by atoms with Crippen LogP contribution in [0.1, 0.15) is 17.5 Å². The molecule has 1 fully saturated rings. The maximum Gasteiger partial charge on any atom is 0.416 e. The van der Waals surface area contributed by atoms with Gasteiger partial charge in [0.15, 0.2) is 16.7 Å². The highest BCUT2D eigenvalue weighted by molar-refractivity contribution is 9.10. The molecule has 0 radical (unpaired) electrons. The van der Waals surface area contributed by atoms with Gasteiger partial charge in [0.25, 0.3) is 0 Å². The highest BCUT2D eigenvalue weighted by Crippen LogP contribution is 2.37. The Hall–Kier alpha value is -3.51. The van der Waals surface area contributed by atoms with Crippen LogP contribution in [0.15, 0.2) is 76.2 Å². The van der Waals surface area contributed by atoms with E-state index in [1.165, 1.54) is 17.0 Å². The number of anilines is 1. The lowest BCUT2D eigenvalue weighted by atomic mass is 10.1. The van der Waals surface area contributed by atoms with Crippen molar-refractivity contribution in [2.24, 2.45) is 4.99 Å². The maximum absolute atomic E-state index is 13.4. The molecule has 0 aromatic heterocycles. The number of rotatable bonds is 6. The van der Waals surface area contributed by atoms with E-state index in [1.54, 1.807) is 36.4 Å². The maximum atomic E-state index is 13.4. The Labute approximate surface area is 228 Å². The third-order valence-electron chi connectivity index (χ3n) is 5.68. The summed E-state index contributed by atoms with van der Waals surface area (Å²) in [4.78, 5) is 31.9. The minimum atomic E-state index is -4.53. The minimum Gasteiger partial charge on any atom is -0.454 e. The van der Waals surface area contributed by atoms with Crippen LogP contribution in [-0.4, -0.2) is 33.9 Å². The van der Waals surface area contributed by atoms with Crippen LogP contribution in [0.4, 0.5) is 24.5 Å². The van der Waals surface area contributed by atoms with Crippen molar-refractivity contribution in [3.05, 3.63) is 82.3 Å². The number of amides is 2. The van der Waals surface area contributed by atoms with Gasteiger partial charge in [-0.25, -0.2) is 4.99 Å². The summed E-state index contributed by atoms with van der Waals surface area (Å²) in [6.45, 7) is 0.179. The van der Waals surface area contributed by atoms with Crippen LogP contribution in [0, 0.1) is 0 Å². The zero-order chi connectivity index (χ0) is 26.9. The fraction of sp³-hybridized carbons (Fsp3) is 0.192. The van der Waals surface area contributed by atoms with Gasteiger partial charge in [0.1, 0.15) is 5.25 Å². The first-order valence-corrected chi connectivity index (χ1v) is 13.0. The summed E-state index contributed by atoms with van der Waals surface area (Å²) >= 11 is 4.39. The SMILES string of the molecule is O=C(C[C@@H]1SC(=Nc2cccc(C(F)(F)F)c2)N(Cc2ccc3c(c2)OCO3)C1=O)Nc1cccc(Br)c1. The lowest BCUT2D eigenvalue weighted by Crippen LogP contribution is -2.33. The predicted octanol–water partition coefficient (Wildman–Crippen LogP) is 6.36. The molecule has 1 N–H and O–H groups in total. The van der Waals surface area contributed by atoms with E-state index in [-0.39, 0.29) is 42.4 Å². The zero-order valence-electron chi connectivity index (χ0n) is 19.5. The van der Waals surface area contributed by atoms with Gasteiger partial charge in [-0.1, -0.05) is 45.9 Å². The quantitative estimate of drug-likeness (QED) is 0.354. The summed E-state index contributed by atoms with van der Waals surface area (Å²) in [6, 6.07) is 16.8. The van der Waals surface area contributed by atoms with E-state index >= 15 is 0 Å². The van der Waals surface area contributed by atoms with Crippen molar-refractivity contribution < 1.29 is 32.2 Å². The molecule has 2 heterocycles.